The molecule has 0 radical (unpaired) electrons. The Morgan fingerprint density at radius 3 is 2.38 bits per heavy atom. The van der Waals surface area contributed by atoms with Crippen LogP contribution in [0.25, 0.3) is 6.08 Å². The van der Waals surface area contributed by atoms with Crippen molar-refractivity contribution in [3.05, 3.63) is 76.0 Å². The minimum Gasteiger partial charge on any atom is -0.302 e. The number of nitro benzene ring substituents is 1. The molecule has 26 heavy (non-hydrogen) atoms. The number of rotatable bonds is 4. The maximum Gasteiger partial charge on any atom is 0.343 e. The number of benzene rings is 2. The zero-order chi connectivity index (χ0) is 18.9. The summed E-state index contributed by atoms with van der Waals surface area (Å²) in [5.41, 5.74) is -0.235. The summed E-state index contributed by atoms with van der Waals surface area (Å²) in [6.45, 7) is 0. The molecule has 2 aromatic rings. The van der Waals surface area contributed by atoms with E-state index in [1.165, 1.54) is 54.6 Å². The molecule has 3 amide bonds. The van der Waals surface area contributed by atoms with Crippen molar-refractivity contribution in [3.8, 4) is 0 Å². The van der Waals surface area contributed by atoms with Gasteiger partial charge in [-0.2, -0.15) is 0 Å². The number of carbonyl (C=O) groups excluding carboxylic acids is 2. The quantitative estimate of drug-likeness (QED) is 0.377. The molecule has 1 aliphatic heterocycles. The van der Waals surface area contributed by atoms with E-state index in [1.807, 2.05) is 0 Å². The van der Waals surface area contributed by atoms with Crippen LogP contribution in [0.15, 0.2) is 65.2 Å². The van der Waals surface area contributed by atoms with Crippen molar-refractivity contribution < 1.29 is 22.9 Å². The predicted molar refractivity (Wildman–Crippen MR) is 90.1 cm³/mol. The van der Waals surface area contributed by atoms with E-state index in [0.717, 1.165) is 0 Å². The molecule has 0 saturated carbocycles. The third-order valence-electron chi connectivity index (χ3n) is 3.51. The van der Waals surface area contributed by atoms with Gasteiger partial charge in [-0.15, -0.1) is 4.31 Å². The van der Waals surface area contributed by atoms with Crippen molar-refractivity contribution in [1.29, 1.82) is 0 Å². The van der Waals surface area contributed by atoms with Gasteiger partial charge in [-0.25, -0.2) is 13.2 Å². The van der Waals surface area contributed by atoms with Crippen molar-refractivity contribution in [2.24, 2.45) is 0 Å². The highest BCUT2D eigenvalue weighted by atomic mass is 32.2. The predicted octanol–water partition coefficient (Wildman–Crippen LogP) is 1.88. The van der Waals surface area contributed by atoms with Crippen LogP contribution >= 0.6 is 0 Å². The molecule has 2 aromatic carbocycles. The van der Waals surface area contributed by atoms with E-state index in [4.69, 9.17) is 0 Å². The highest BCUT2D eigenvalue weighted by Crippen LogP contribution is 2.23. The van der Waals surface area contributed by atoms with E-state index >= 15 is 0 Å². The van der Waals surface area contributed by atoms with Crippen molar-refractivity contribution in [2.45, 2.75) is 4.90 Å². The lowest BCUT2D eigenvalue weighted by molar-refractivity contribution is -0.384. The molecule has 1 fully saturated rings. The zero-order valence-corrected chi connectivity index (χ0v) is 13.8. The standard InChI is InChI=1S/C16H11N3O6S/c20-15-14(10-11-5-4-6-12(9-11)19(22)23)17-16(21)18(15)26(24,25)13-7-2-1-3-8-13/h1-10H,(H,17,21)/b14-10-. The normalized spacial score (nSPS) is 16.0. The van der Waals surface area contributed by atoms with Crippen LogP contribution in [0.1, 0.15) is 5.56 Å². The number of amides is 3. The van der Waals surface area contributed by atoms with Crippen LogP contribution in [0.5, 0.6) is 0 Å². The van der Waals surface area contributed by atoms with Crippen molar-refractivity contribution >= 4 is 33.7 Å². The number of nitrogens with one attached hydrogen (secondary N) is 1. The largest absolute Gasteiger partial charge is 0.343 e. The van der Waals surface area contributed by atoms with Gasteiger partial charge in [0.1, 0.15) is 5.70 Å². The minimum absolute atomic E-state index is 0.130. The molecule has 0 spiro atoms. The van der Waals surface area contributed by atoms with Crippen LogP contribution in [0.2, 0.25) is 0 Å². The zero-order valence-electron chi connectivity index (χ0n) is 13.0. The monoisotopic (exact) mass is 373 g/mol. The molecule has 0 atom stereocenters. The third kappa shape index (κ3) is 3.05. The Morgan fingerprint density at radius 2 is 1.73 bits per heavy atom. The fraction of sp³-hybridized carbons (Fsp3) is 0. The third-order valence-corrected chi connectivity index (χ3v) is 5.19. The number of nitrogens with zero attached hydrogens (tertiary/aromatic N) is 2. The number of imide groups is 1. The maximum atomic E-state index is 12.5. The lowest BCUT2D eigenvalue weighted by Crippen LogP contribution is -2.36. The first-order valence-corrected chi connectivity index (χ1v) is 8.66. The average Bonchev–Trinajstić information content (AvgIpc) is 2.90. The molecule has 1 heterocycles. The second kappa shape index (κ2) is 6.41. The number of sulfonamides is 1. The number of hydrogen-bond donors (Lipinski definition) is 1. The molecule has 3 rings (SSSR count). The molecule has 0 aromatic heterocycles. The van der Waals surface area contributed by atoms with Gasteiger partial charge >= 0.3 is 6.03 Å². The molecular formula is C16H11N3O6S. The summed E-state index contributed by atoms with van der Waals surface area (Å²) in [6, 6.07) is 11.3. The maximum absolute atomic E-state index is 12.5. The molecule has 0 bridgehead atoms. The van der Waals surface area contributed by atoms with Crippen molar-refractivity contribution in [3.63, 3.8) is 0 Å². The second-order valence-corrected chi connectivity index (χ2v) is 7.01. The highest BCUT2D eigenvalue weighted by molar-refractivity contribution is 7.90. The lowest BCUT2D eigenvalue weighted by Gasteiger charge is -2.12. The lowest BCUT2D eigenvalue weighted by atomic mass is 10.1. The summed E-state index contributed by atoms with van der Waals surface area (Å²) in [7, 11) is -4.36. The van der Waals surface area contributed by atoms with Crippen molar-refractivity contribution in [2.75, 3.05) is 0 Å². The molecule has 1 aliphatic rings. The van der Waals surface area contributed by atoms with Crippen LogP contribution in [0.3, 0.4) is 0 Å². The van der Waals surface area contributed by atoms with Crippen LogP contribution in [-0.2, 0) is 14.8 Å². The van der Waals surface area contributed by atoms with E-state index in [2.05, 4.69) is 5.32 Å². The van der Waals surface area contributed by atoms with Gasteiger partial charge in [0.25, 0.3) is 21.6 Å². The van der Waals surface area contributed by atoms with Gasteiger partial charge in [-0.05, 0) is 23.8 Å². The van der Waals surface area contributed by atoms with E-state index in [9.17, 15) is 28.1 Å². The summed E-state index contributed by atoms with van der Waals surface area (Å²) in [5, 5.41) is 13.0. The van der Waals surface area contributed by atoms with Crippen LogP contribution in [-0.4, -0.2) is 29.6 Å². The van der Waals surface area contributed by atoms with E-state index in [-0.39, 0.29) is 26.1 Å². The van der Waals surface area contributed by atoms with Crippen LogP contribution in [0, 0.1) is 10.1 Å². The minimum atomic E-state index is -4.36. The molecule has 1 N–H and O–H groups in total. The van der Waals surface area contributed by atoms with Gasteiger partial charge < -0.3 is 5.32 Å². The van der Waals surface area contributed by atoms with Crippen LogP contribution in [0.4, 0.5) is 10.5 Å². The summed E-state index contributed by atoms with van der Waals surface area (Å²) >= 11 is 0. The fourth-order valence-electron chi connectivity index (χ4n) is 2.33. The van der Waals surface area contributed by atoms with Gasteiger partial charge in [0, 0.05) is 12.1 Å². The number of carbonyl (C=O) groups is 2. The number of non-ortho nitro benzene ring substituents is 1. The molecular weight excluding hydrogens is 362 g/mol. The Morgan fingerprint density at radius 1 is 1.04 bits per heavy atom. The summed E-state index contributed by atoms with van der Waals surface area (Å²) in [5.74, 6) is -1.06. The number of nitro groups is 1. The highest BCUT2D eigenvalue weighted by Gasteiger charge is 2.43. The number of hydrogen-bond acceptors (Lipinski definition) is 6. The fourth-order valence-corrected chi connectivity index (χ4v) is 3.62. The van der Waals surface area contributed by atoms with Gasteiger partial charge in [0.15, 0.2) is 0 Å². The SMILES string of the molecule is O=C1N/C(=C\c2cccc([N+](=O)[O-])c2)C(=O)N1S(=O)(=O)c1ccccc1. The molecule has 10 heteroatoms. The molecule has 0 unspecified atom stereocenters. The molecule has 9 nitrogen and oxygen atoms in total. The Balaban J connectivity index is 1.97. The molecule has 0 aliphatic carbocycles. The smallest absolute Gasteiger partial charge is 0.302 e. The Hall–Kier alpha value is -3.53. The first-order valence-electron chi connectivity index (χ1n) is 7.22. The summed E-state index contributed by atoms with van der Waals surface area (Å²) in [6.07, 6.45) is 1.17. The van der Waals surface area contributed by atoms with Gasteiger partial charge in [-0.1, -0.05) is 30.3 Å². The average molecular weight is 373 g/mol. The Kier molecular flexibility index (Phi) is 4.26. The molecule has 132 valence electrons. The first-order chi connectivity index (χ1) is 12.3. The van der Waals surface area contributed by atoms with E-state index in [1.54, 1.807) is 6.07 Å². The van der Waals surface area contributed by atoms with Gasteiger partial charge in [0.2, 0.25) is 0 Å². The second-order valence-electron chi connectivity index (χ2n) is 5.23. The van der Waals surface area contributed by atoms with E-state index < -0.39 is 26.9 Å². The van der Waals surface area contributed by atoms with Crippen LogP contribution < -0.4 is 5.32 Å². The number of urea groups is 1. The van der Waals surface area contributed by atoms with Gasteiger partial charge in [-0.3, -0.25) is 14.9 Å². The first kappa shape index (κ1) is 17.3. The van der Waals surface area contributed by atoms with Gasteiger partial charge in [0.05, 0.1) is 9.82 Å². The summed E-state index contributed by atoms with van der Waals surface area (Å²) in [4.78, 5) is 34.5. The van der Waals surface area contributed by atoms with E-state index in [0.29, 0.717) is 0 Å². The van der Waals surface area contributed by atoms with Crippen molar-refractivity contribution in [1.82, 2.24) is 9.62 Å². The topological polar surface area (TPSA) is 127 Å². The molecule has 1 saturated heterocycles. The Bertz CT molecular complexity index is 1050. The summed E-state index contributed by atoms with van der Waals surface area (Å²) < 4.78 is 25.2. The Labute approximate surface area is 147 Å².